The number of aliphatic hydroxyl groups excluding tert-OH is 3. The molecule has 1 saturated heterocycles. The number of pyridine rings is 1. The van der Waals surface area contributed by atoms with Gasteiger partial charge in [0.05, 0.1) is 40.1 Å². The van der Waals surface area contributed by atoms with Crippen LogP contribution in [0.25, 0.3) is 44.6 Å². The number of aromatic nitrogens is 9. The Morgan fingerprint density at radius 1 is 0.825 bits per heavy atom. The Bertz CT molecular complexity index is 4470. The van der Waals surface area contributed by atoms with Crippen molar-refractivity contribution in [2.45, 2.75) is 110 Å². The molecule has 0 unspecified atom stereocenters. The summed E-state index contributed by atoms with van der Waals surface area (Å²) in [6.45, 7) is 7.26. The SMILES string of the molecule is CCc1nc(C)oc1C(=O)Nc1nc2cc(C(N)=O)cc(OCCCN(C)C(=O)OCc3ccc(O[C@@H]4O[C@H](C(=O)O)[C@@H](O)[C@H](O)[C@H]4O)c(NC(=O)CCNC(=O)CCN4C(=O)C=CC4=O)c3)c2n1C/C=C/Cn1c2ccc(C(N)=O)nc2c2cnc(-c3cc(C)nn3CC)nc21. The van der Waals surface area contributed by atoms with Crippen molar-refractivity contribution in [1.29, 1.82) is 0 Å². The monoisotopic (exact) mass is 1340 g/mol. The molecule has 5 atom stereocenters. The molecule has 97 heavy (non-hydrogen) atoms. The summed E-state index contributed by atoms with van der Waals surface area (Å²) in [7, 11) is 1.46. The Morgan fingerprint density at radius 3 is 2.29 bits per heavy atom. The number of nitrogens with two attached hydrogens (primary N) is 2. The molecule has 1 fully saturated rings. The molecule has 34 nitrogen and oxygen atoms in total. The Hall–Kier alpha value is -11.5. The number of imidazole rings is 1. The highest BCUT2D eigenvalue weighted by molar-refractivity contribution is 6.13. The van der Waals surface area contributed by atoms with Gasteiger partial charge in [0.25, 0.3) is 23.6 Å². The first-order chi connectivity index (χ1) is 46.4. The van der Waals surface area contributed by atoms with Crippen molar-refractivity contribution in [3.8, 4) is 23.0 Å². The van der Waals surface area contributed by atoms with E-state index in [2.05, 4.69) is 36.0 Å². The summed E-state index contributed by atoms with van der Waals surface area (Å²) in [4.78, 5) is 140. The lowest BCUT2D eigenvalue weighted by Gasteiger charge is -2.38. The largest absolute Gasteiger partial charge is 0.491 e. The van der Waals surface area contributed by atoms with E-state index in [-0.39, 0.29) is 116 Å². The number of carbonyl (C=O) groups is 9. The molecule has 10 rings (SSSR count). The van der Waals surface area contributed by atoms with Gasteiger partial charge in [0.15, 0.2) is 17.8 Å². The van der Waals surface area contributed by atoms with Gasteiger partial charge in [-0.2, -0.15) is 5.10 Å². The molecule has 0 radical (unpaired) electrons. The summed E-state index contributed by atoms with van der Waals surface area (Å²) in [6.07, 6.45) is -3.30. The zero-order chi connectivity index (χ0) is 69.5. The molecule has 2 aromatic carbocycles. The number of allylic oxidation sites excluding steroid dienone is 2. The molecular formula is C63H68N16O18. The van der Waals surface area contributed by atoms with E-state index in [1.165, 1.54) is 48.3 Å². The van der Waals surface area contributed by atoms with E-state index in [1.807, 2.05) is 43.6 Å². The van der Waals surface area contributed by atoms with E-state index < -0.39 is 90.7 Å². The lowest BCUT2D eigenvalue weighted by molar-refractivity contribution is -0.271. The van der Waals surface area contributed by atoms with Gasteiger partial charge in [0, 0.05) is 90.0 Å². The van der Waals surface area contributed by atoms with Gasteiger partial charge in [-0.15, -0.1) is 0 Å². The molecule has 2 aliphatic heterocycles. The first-order valence-corrected chi connectivity index (χ1v) is 30.5. The molecule has 11 N–H and O–H groups in total. The number of nitrogens with one attached hydrogen (secondary N) is 3. The van der Waals surface area contributed by atoms with Gasteiger partial charge >= 0.3 is 12.1 Å². The number of aliphatic carboxylic acids is 1. The van der Waals surface area contributed by atoms with Gasteiger partial charge in [0.1, 0.15) is 64.5 Å². The van der Waals surface area contributed by atoms with Crippen molar-refractivity contribution in [3.63, 3.8) is 0 Å². The van der Waals surface area contributed by atoms with Crippen molar-refractivity contribution in [3.05, 3.63) is 119 Å². The van der Waals surface area contributed by atoms with E-state index in [0.29, 0.717) is 57.8 Å². The van der Waals surface area contributed by atoms with Gasteiger partial charge in [0.2, 0.25) is 35.7 Å². The van der Waals surface area contributed by atoms with Crippen molar-refractivity contribution in [2.24, 2.45) is 11.5 Å². The molecule has 0 bridgehead atoms. The second-order valence-electron chi connectivity index (χ2n) is 22.4. The molecule has 34 heteroatoms. The van der Waals surface area contributed by atoms with Crippen LogP contribution in [0.2, 0.25) is 0 Å². The number of amides is 8. The lowest BCUT2D eigenvalue weighted by Crippen LogP contribution is -2.61. The number of primary amides is 2. The van der Waals surface area contributed by atoms with Crippen LogP contribution in [0.5, 0.6) is 11.5 Å². The summed E-state index contributed by atoms with van der Waals surface area (Å²) < 4.78 is 34.1. The number of benzene rings is 2. The number of aryl methyl sites for hydroxylation is 4. The molecule has 8 heterocycles. The smallest absolute Gasteiger partial charge is 0.409 e. The Kier molecular flexibility index (Phi) is 20.7. The van der Waals surface area contributed by atoms with Crippen LogP contribution in [0.3, 0.4) is 0 Å². The summed E-state index contributed by atoms with van der Waals surface area (Å²) in [6, 6.07) is 12.0. The molecule has 6 aromatic heterocycles. The molecule has 8 amide bonds. The maximum Gasteiger partial charge on any atom is 0.409 e. The fourth-order valence-corrected chi connectivity index (χ4v) is 10.8. The molecule has 508 valence electrons. The van der Waals surface area contributed by atoms with Crippen molar-refractivity contribution in [1.82, 2.24) is 59.0 Å². The third kappa shape index (κ3) is 15.2. The number of carboxylic acids is 1. The zero-order valence-electron chi connectivity index (χ0n) is 53.0. The first kappa shape index (κ1) is 68.4. The minimum absolute atomic E-state index is 0.0254. The van der Waals surface area contributed by atoms with Gasteiger partial charge in [-0.05, 0) is 74.7 Å². The fraction of sp³-hybridized carbons (Fsp3) is 0.349. The summed E-state index contributed by atoms with van der Waals surface area (Å²) in [5, 5.41) is 54.1. The van der Waals surface area contributed by atoms with E-state index >= 15 is 0 Å². The molecular weight excluding hydrogens is 1270 g/mol. The minimum Gasteiger partial charge on any atom is -0.491 e. The highest BCUT2D eigenvalue weighted by Gasteiger charge is 2.48. The molecule has 0 saturated carbocycles. The molecule has 8 aromatic rings. The normalized spacial score (nSPS) is 16.9. The zero-order valence-corrected chi connectivity index (χ0v) is 53.0. The second kappa shape index (κ2) is 29.4. The van der Waals surface area contributed by atoms with Crippen LogP contribution in [0.15, 0.2) is 83.4 Å². The number of hydrogen-bond donors (Lipinski definition) is 9. The van der Waals surface area contributed by atoms with Crippen LogP contribution < -0.4 is 36.9 Å². The number of ether oxygens (including phenoxy) is 4. The summed E-state index contributed by atoms with van der Waals surface area (Å²) >= 11 is 0. The molecule has 0 aliphatic carbocycles. The second-order valence-corrected chi connectivity index (χ2v) is 22.4. The van der Waals surface area contributed by atoms with Gasteiger partial charge in [-0.25, -0.2) is 34.5 Å². The first-order valence-electron chi connectivity index (χ1n) is 30.5. The number of nitrogens with zero attached hydrogens (tertiary/aromatic N) is 11. The Balaban J connectivity index is 0.846. The number of oxazole rings is 1. The average Bonchev–Trinajstić information content (AvgIpc) is 1.62. The summed E-state index contributed by atoms with van der Waals surface area (Å²) in [5.74, 6) is -5.67. The van der Waals surface area contributed by atoms with E-state index in [9.17, 15) is 63.6 Å². The maximum atomic E-state index is 14.0. The minimum atomic E-state index is -2.03. The van der Waals surface area contributed by atoms with Gasteiger partial charge in [-0.1, -0.05) is 25.1 Å². The standard InChI is InChI=1S/C63H68N16O18/c1-6-36-53(95-32(4)68-36)59(89)73-62-71-39-27-34(55(64)87)28-43(49(39)78(62)22-9-8-21-76-40-13-12-37(56(65)88)70-48(40)35-29-67-57(72-58(35)76)41-25-31(3)74-79(41)7-2)93-24-10-20-75(5)63(92)94-30-33-11-14-42(96-61-52(86)50(84)51(85)54(97-61)60(90)91)38(26-33)69-45(81)17-19-66-44(80)18-23-77-46(82)15-16-47(77)83/h8-9,11-16,25-29,50-52,54,61,84-86H,6-7,10,17-24,30H2,1-5H3,(H2,64,87)(H2,65,88)(H,66,80)(H,69,81)(H,90,91)(H,71,73,89)/b9-8+/t50-,51-,52+,54-,61+/m0/s1. The van der Waals surface area contributed by atoms with E-state index in [0.717, 1.165) is 22.7 Å². The van der Waals surface area contributed by atoms with Crippen LogP contribution in [-0.2, 0) is 66.1 Å². The molecule has 0 spiro atoms. The number of aliphatic hydroxyl groups is 3. The van der Waals surface area contributed by atoms with Gasteiger partial charge < -0.3 is 79.9 Å². The van der Waals surface area contributed by atoms with Crippen LogP contribution in [0.1, 0.15) is 87.4 Å². The van der Waals surface area contributed by atoms with Crippen LogP contribution in [0.4, 0.5) is 16.4 Å². The predicted octanol–water partition coefficient (Wildman–Crippen LogP) is 2.15. The van der Waals surface area contributed by atoms with Crippen LogP contribution >= 0.6 is 0 Å². The summed E-state index contributed by atoms with van der Waals surface area (Å²) in [5.41, 5.74) is 15.7. The van der Waals surface area contributed by atoms with E-state index in [4.69, 9.17) is 44.8 Å². The van der Waals surface area contributed by atoms with Crippen LogP contribution in [-0.4, -0.2) is 191 Å². The van der Waals surface area contributed by atoms with Gasteiger partial charge in [-0.3, -0.25) is 48.5 Å². The average molecular weight is 1340 g/mol. The maximum absolute atomic E-state index is 14.0. The van der Waals surface area contributed by atoms with Crippen LogP contribution in [0, 0.1) is 13.8 Å². The van der Waals surface area contributed by atoms with Crippen molar-refractivity contribution in [2.75, 3.05) is 43.9 Å². The fourth-order valence-electron chi connectivity index (χ4n) is 10.8. The number of fused-ring (bicyclic) bond motifs is 4. The topological polar surface area (TPSA) is 471 Å². The molecule has 2 aliphatic rings. The Morgan fingerprint density at radius 2 is 1.58 bits per heavy atom. The van der Waals surface area contributed by atoms with Crippen molar-refractivity contribution >= 4 is 98.1 Å². The number of anilines is 2. The third-order valence-electron chi connectivity index (χ3n) is 15.6. The van der Waals surface area contributed by atoms with E-state index in [1.54, 1.807) is 28.4 Å². The number of hydrogen-bond acceptors (Lipinski definition) is 23. The third-order valence-corrected chi connectivity index (χ3v) is 15.6. The number of imide groups is 1. The quantitative estimate of drug-likeness (QED) is 0.0193. The Labute approximate surface area is 549 Å². The highest BCUT2D eigenvalue weighted by Crippen LogP contribution is 2.35. The van der Waals surface area contributed by atoms with Crippen molar-refractivity contribution < 1.29 is 86.9 Å². The number of carboxylic acid groups (broad SMARTS) is 1. The highest BCUT2D eigenvalue weighted by atomic mass is 16.7. The lowest BCUT2D eigenvalue weighted by atomic mass is 9.99. The predicted molar refractivity (Wildman–Crippen MR) is 340 cm³/mol. The number of carbonyl (C=O) groups excluding carboxylic acids is 8. The number of rotatable bonds is 28.